The number of nitrogens with zero attached hydrogens (tertiary/aromatic N) is 3. The van der Waals surface area contributed by atoms with E-state index < -0.39 is 27.4 Å². The van der Waals surface area contributed by atoms with Gasteiger partial charge in [-0.3, -0.25) is 4.72 Å². The maximum atomic E-state index is 13.7. The van der Waals surface area contributed by atoms with Gasteiger partial charge in [-0.25, -0.2) is 17.2 Å². The highest BCUT2D eigenvalue weighted by atomic mass is 32.2. The Morgan fingerprint density at radius 1 is 1.00 bits per heavy atom. The molecule has 2 N–H and O–H groups in total. The topological polar surface area (TPSA) is 87.2 Å². The highest BCUT2D eigenvalue weighted by Crippen LogP contribution is 2.21. The molecule has 0 aliphatic rings. The average molecular weight is 419 g/mol. The molecule has 7 nitrogen and oxygen atoms in total. The van der Waals surface area contributed by atoms with Crippen LogP contribution in [0.1, 0.15) is 5.56 Å². The van der Waals surface area contributed by atoms with Gasteiger partial charge in [0.15, 0.2) is 5.82 Å². The molecular formula is C19H19F2N5O2S. The first-order chi connectivity index (χ1) is 13.7. The van der Waals surface area contributed by atoms with Crippen molar-refractivity contribution >= 4 is 32.9 Å². The lowest BCUT2D eigenvalue weighted by Gasteiger charge is -2.13. The van der Waals surface area contributed by atoms with Gasteiger partial charge >= 0.3 is 0 Å². The van der Waals surface area contributed by atoms with Crippen molar-refractivity contribution in [3.63, 3.8) is 0 Å². The number of sulfonamides is 1. The second-order valence-corrected chi connectivity index (χ2v) is 8.21. The van der Waals surface area contributed by atoms with E-state index in [-0.39, 0.29) is 5.56 Å². The van der Waals surface area contributed by atoms with Crippen molar-refractivity contribution in [3.05, 3.63) is 71.9 Å². The Balaban J connectivity index is 1.68. The number of nitrogens with one attached hydrogen (secondary N) is 2. The monoisotopic (exact) mass is 419 g/mol. The van der Waals surface area contributed by atoms with Crippen molar-refractivity contribution < 1.29 is 17.2 Å². The highest BCUT2D eigenvalue weighted by molar-refractivity contribution is 7.91. The van der Waals surface area contributed by atoms with Gasteiger partial charge in [-0.1, -0.05) is 0 Å². The van der Waals surface area contributed by atoms with Crippen LogP contribution in [0.25, 0.3) is 0 Å². The summed E-state index contributed by atoms with van der Waals surface area (Å²) in [6.07, 6.45) is 1.63. The van der Waals surface area contributed by atoms with Crippen LogP contribution in [-0.4, -0.2) is 32.7 Å². The lowest BCUT2D eigenvalue weighted by molar-refractivity contribution is 0.581. The molecule has 0 amide bonds. The van der Waals surface area contributed by atoms with E-state index in [0.717, 1.165) is 23.9 Å². The Morgan fingerprint density at radius 2 is 1.69 bits per heavy atom. The smallest absolute Gasteiger partial charge is 0.237 e. The predicted octanol–water partition coefficient (Wildman–Crippen LogP) is 3.51. The fraction of sp³-hybridized carbons (Fsp3) is 0.158. The minimum Gasteiger partial charge on any atom is -0.376 e. The quantitative estimate of drug-likeness (QED) is 0.610. The van der Waals surface area contributed by atoms with Gasteiger partial charge in [0.1, 0.15) is 11.6 Å². The standard InChI is InChI=1S/C19H19F2N5O2S/c1-26(2)17-10-19(24-22-11-17)23-15-4-6-16(7-5-15)25-29(27,28)12-13-9-14(20)3-8-18(13)21/h3-11,25H,12H2,1-2H3,(H,23,24). The molecule has 2 aromatic carbocycles. The molecule has 152 valence electrons. The first-order valence-corrected chi connectivity index (χ1v) is 10.2. The lowest BCUT2D eigenvalue weighted by Crippen LogP contribution is -2.16. The van der Waals surface area contributed by atoms with Gasteiger partial charge in [0.2, 0.25) is 10.0 Å². The molecule has 0 aliphatic carbocycles. The van der Waals surface area contributed by atoms with Crippen LogP contribution in [-0.2, 0) is 15.8 Å². The van der Waals surface area contributed by atoms with Crippen molar-refractivity contribution in [1.82, 2.24) is 10.2 Å². The molecule has 0 radical (unpaired) electrons. The summed E-state index contributed by atoms with van der Waals surface area (Å²) < 4.78 is 53.8. The zero-order valence-electron chi connectivity index (χ0n) is 15.7. The van der Waals surface area contributed by atoms with Gasteiger partial charge in [-0.05, 0) is 42.5 Å². The molecule has 3 aromatic rings. The van der Waals surface area contributed by atoms with Gasteiger partial charge in [0, 0.05) is 37.1 Å². The van der Waals surface area contributed by atoms with E-state index >= 15 is 0 Å². The predicted molar refractivity (Wildman–Crippen MR) is 109 cm³/mol. The molecule has 29 heavy (non-hydrogen) atoms. The molecule has 0 aliphatic heterocycles. The van der Waals surface area contributed by atoms with E-state index in [2.05, 4.69) is 20.2 Å². The van der Waals surface area contributed by atoms with Crippen LogP contribution in [0.5, 0.6) is 0 Å². The van der Waals surface area contributed by atoms with Gasteiger partial charge in [0.05, 0.1) is 17.6 Å². The molecule has 1 aromatic heterocycles. The summed E-state index contributed by atoms with van der Waals surface area (Å²) in [5, 5.41) is 11.0. The van der Waals surface area contributed by atoms with E-state index in [1.807, 2.05) is 25.1 Å². The van der Waals surface area contributed by atoms with E-state index in [0.29, 0.717) is 17.2 Å². The third-order valence-corrected chi connectivity index (χ3v) is 5.18. The molecule has 1 heterocycles. The molecule has 0 unspecified atom stereocenters. The molecule has 3 rings (SSSR count). The molecule has 0 saturated heterocycles. The molecule has 0 bridgehead atoms. The summed E-state index contributed by atoms with van der Waals surface area (Å²) in [6, 6.07) is 10.9. The number of halogens is 2. The summed E-state index contributed by atoms with van der Waals surface area (Å²) in [5.74, 6) is -1.62. The third kappa shape index (κ3) is 5.61. The van der Waals surface area contributed by atoms with E-state index in [1.165, 1.54) is 0 Å². The molecule has 0 fully saturated rings. The zero-order valence-corrected chi connectivity index (χ0v) is 16.5. The summed E-state index contributed by atoms with van der Waals surface area (Å²) >= 11 is 0. The Bertz CT molecular complexity index is 1110. The number of aromatic nitrogens is 2. The van der Waals surface area contributed by atoms with Gasteiger partial charge in [-0.2, -0.15) is 5.10 Å². The number of anilines is 4. The SMILES string of the molecule is CN(C)c1cnnc(Nc2ccc(NS(=O)(=O)Cc3cc(F)ccc3F)cc2)c1. The van der Waals surface area contributed by atoms with Crippen molar-refractivity contribution in [2.45, 2.75) is 5.75 Å². The second-order valence-electron chi connectivity index (χ2n) is 6.49. The van der Waals surface area contributed by atoms with Crippen molar-refractivity contribution in [2.24, 2.45) is 0 Å². The number of benzene rings is 2. The minimum atomic E-state index is -3.92. The Labute approximate surface area is 167 Å². The number of hydrogen-bond donors (Lipinski definition) is 2. The van der Waals surface area contributed by atoms with Crippen LogP contribution in [0.4, 0.5) is 31.7 Å². The first-order valence-electron chi connectivity index (χ1n) is 8.53. The maximum Gasteiger partial charge on any atom is 0.237 e. The first kappa shape index (κ1) is 20.5. The molecule has 0 spiro atoms. The van der Waals surface area contributed by atoms with Gasteiger partial charge in [0.25, 0.3) is 0 Å². The molecule has 0 atom stereocenters. The fourth-order valence-corrected chi connectivity index (χ4v) is 3.70. The van der Waals surface area contributed by atoms with Crippen molar-refractivity contribution in [1.29, 1.82) is 0 Å². The van der Waals surface area contributed by atoms with Crippen molar-refractivity contribution in [3.8, 4) is 0 Å². The summed E-state index contributed by atoms with van der Waals surface area (Å²) in [7, 11) is -0.146. The Morgan fingerprint density at radius 3 is 2.38 bits per heavy atom. The van der Waals surface area contributed by atoms with E-state index in [1.54, 1.807) is 30.5 Å². The maximum absolute atomic E-state index is 13.7. The van der Waals surface area contributed by atoms with Crippen LogP contribution < -0.4 is 14.9 Å². The molecular weight excluding hydrogens is 400 g/mol. The van der Waals surface area contributed by atoms with Gasteiger partial charge in [-0.15, -0.1) is 5.10 Å². The van der Waals surface area contributed by atoms with Crippen molar-refractivity contribution in [2.75, 3.05) is 29.0 Å². The summed E-state index contributed by atoms with van der Waals surface area (Å²) in [4.78, 5) is 1.89. The van der Waals surface area contributed by atoms with Crippen LogP contribution in [0.2, 0.25) is 0 Å². The third-order valence-electron chi connectivity index (χ3n) is 3.94. The molecule has 10 heteroatoms. The van der Waals surface area contributed by atoms with E-state index in [9.17, 15) is 17.2 Å². The van der Waals surface area contributed by atoms with Crippen LogP contribution in [0.3, 0.4) is 0 Å². The van der Waals surface area contributed by atoms with E-state index in [4.69, 9.17) is 0 Å². The second kappa shape index (κ2) is 8.39. The van der Waals surface area contributed by atoms with Crippen LogP contribution >= 0.6 is 0 Å². The van der Waals surface area contributed by atoms with Gasteiger partial charge < -0.3 is 10.2 Å². The number of rotatable bonds is 7. The zero-order chi connectivity index (χ0) is 21.0. The minimum absolute atomic E-state index is 0.241. The highest BCUT2D eigenvalue weighted by Gasteiger charge is 2.15. The average Bonchev–Trinajstić information content (AvgIpc) is 2.66. The fourth-order valence-electron chi connectivity index (χ4n) is 2.51. The summed E-state index contributed by atoms with van der Waals surface area (Å²) in [5.41, 5.74) is 1.60. The Hall–Kier alpha value is -3.27. The largest absolute Gasteiger partial charge is 0.376 e. The Kier molecular flexibility index (Phi) is 5.92. The van der Waals surface area contributed by atoms with Crippen LogP contribution in [0.15, 0.2) is 54.7 Å². The summed E-state index contributed by atoms with van der Waals surface area (Å²) in [6.45, 7) is 0. The number of hydrogen-bond acceptors (Lipinski definition) is 6. The van der Waals surface area contributed by atoms with Crippen LogP contribution in [0, 0.1) is 11.6 Å². The molecule has 0 saturated carbocycles. The lowest BCUT2D eigenvalue weighted by atomic mass is 10.2. The normalized spacial score (nSPS) is 11.2.